The molecule has 0 radical (unpaired) electrons. The molecular weight excluding hydrogens is 845 g/mol. The van der Waals surface area contributed by atoms with Gasteiger partial charge in [-0.1, -0.05) is 6.07 Å². The van der Waals surface area contributed by atoms with E-state index >= 15 is 0 Å². The summed E-state index contributed by atoms with van der Waals surface area (Å²) in [5.74, 6) is 0.914. The van der Waals surface area contributed by atoms with E-state index in [1.165, 1.54) is 18.3 Å². The van der Waals surface area contributed by atoms with Crippen LogP contribution in [0.1, 0.15) is 51.2 Å². The van der Waals surface area contributed by atoms with Crippen molar-refractivity contribution < 1.29 is 36.4 Å². The predicted molar refractivity (Wildman–Crippen MR) is 219 cm³/mol. The van der Waals surface area contributed by atoms with Gasteiger partial charge >= 0.3 is 19.5 Å². The predicted octanol–water partition coefficient (Wildman–Crippen LogP) is 7.61. The number of pyridine rings is 4. The highest BCUT2D eigenvalue weighted by atomic mass is 35.5. The summed E-state index contributed by atoms with van der Waals surface area (Å²) in [6.45, 7) is 7.86. The third-order valence-electron chi connectivity index (χ3n) is 8.46. The molecule has 0 fully saturated rings. The first-order chi connectivity index (χ1) is 29.4. The number of anilines is 4. The molecule has 4 N–H and O–H groups in total. The van der Waals surface area contributed by atoms with Crippen LogP contribution in [0.15, 0.2) is 98.4 Å². The number of hydrogen-bond acceptors (Lipinski definition) is 14. The normalized spacial score (nSPS) is 11.6. The van der Waals surface area contributed by atoms with Crippen molar-refractivity contribution in [3.63, 3.8) is 0 Å². The third kappa shape index (κ3) is 10.9. The van der Waals surface area contributed by atoms with Gasteiger partial charge in [-0.05, 0) is 81.8 Å². The number of aromatic nitrogens is 12. The molecule has 62 heavy (non-hydrogen) atoms. The largest absolute Gasteiger partial charge is 0.490 e. The number of alkyl halides is 6. The highest BCUT2D eigenvalue weighted by Crippen LogP contribution is 2.33. The van der Waals surface area contributed by atoms with Gasteiger partial charge in [0.15, 0.2) is 39.8 Å². The van der Waals surface area contributed by atoms with Gasteiger partial charge in [-0.25, -0.2) is 19.9 Å². The summed E-state index contributed by atoms with van der Waals surface area (Å²) in [7, 11) is -1.40. The Labute approximate surface area is 353 Å². The molecule has 0 aliphatic rings. The van der Waals surface area contributed by atoms with Crippen LogP contribution >= 0.6 is 11.6 Å². The van der Waals surface area contributed by atoms with Crippen molar-refractivity contribution >= 4 is 69.5 Å². The zero-order valence-corrected chi connectivity index (χ0v) is 33.6. The SMILES string of the molecule is CC(C)n1cnc2c(Nc3ccnc(C(F)(F)F)c3)nc(-c3cccnc3)nc21.CC(C)n1cnc2c(Nc3ccnc(C(F)(F)F)c3)nc(Cl)nc21.OB(O)c1cccnc1. The summed E-state index contributed by atoms with van der Waals surface area (Å²) in [4.78, 5) is 40.3. The van der Waals surface area contributed by atoms with Gasteiger partial charge in [0.1, 0.15) is 11.4 Å². The minimum atomic E-state index is -4.54. The molecule has 8 aromatic heterocycles. The van der Waals surface area contributed by atoms with Crippen LogP contribution in [0.3, 0.4) is 0 Å². The zero-order valence-electron chi connectivity index (χ0n) is 32.9. The Balaban J connectivity index is 0.000000175. The number of imidazole rings is 2. The molecule has 0 saturated heterocycles. The maximum atomic E-state index is 13.0. The first-order valence-corrected chi connectivity index (χ1v) is 18.7. The lowest BCUT2D eigenvalue weighted by molar-refractivity contribution is -0.141. The third-order valence-corrected chi connectivity index (χ3v) is 8.63. The fourth-order valence-electron chi connectivity index (χ4n) is 5.49. The van der Waals surface area contributed by atoms with Gasteiger partial charge in [-0.2, -0.15) is 36.3 Å². The summed E-state index contributed by atoms with van der Waals surface area (Å²) >= 11 is 5.93. The van der Waals surface area contributed by atoms with Gasteiger partial charge < -0.3 is 29.8 Å². The number of halogens is 7. The molecule has 0 unspecified atom stereocenters. The van der Waals surface area contributed by atoms with E-state index in [1.807, 2.05) is 38.3 Å². The van der Waals surface area contributed by atoms with Gasteiger partial charge in [0.05, 0.1) is 12.7 Å². The van der Waals surface area contributed by atoms with Gasteiger partial charge in [-0.15, -0.1) is 0 Å². The highest BCUT2D eigenvalue weighted by Gasteiger charge is 2.33. The molecule has 0 aliphatic carbocycles. The molecule has 8 heterocycles. The molecular formula is C38H34BClF6N14O2. The number of rotatable bonds is 8. The average Bonchev–Trinajstić information content (AvgIpc) is 3.87. The number of hydrogen-bond donors (Lipinski definition) is 4. The van der Waals surface area contributed by atoms with Crippen LogP contribution in [0.4, 0.5) is 49.4 Å². The van der Waals surface area contributed by atoms with Gasteiger partial charge in [-0.3, -0.25) is 19.9 Å². The van der Waals surface area contributed by atoms with E-state index in [4.69, 9.17) is 21.6 Å². The quantitative estimate of drug-likeness (QED) is 0.0660. The Morgan fingerprint density at radius 1 is 0.629 bits per heavy atom. The maximum Gasteiger partial charge on any atom is 0.490 e. The van der Waals surface area contributed by atoms with Crippen LogP contribution in [-0.4, -0.2) is 76.1 Å². The first kappa shape index (κ1) is 44.7. The molecule has 0 aromatic carbocycles. The Hall–Kier alpha value is -6.85. The van der Waals surface area contributed by atoms with Crippen molar-refractivity contribution in [2.45, 2.75) is 52.1 Å². The molecule has 0 saturated carbocycles. The van der Waals surface area contributed by atoms with Crippen LogP contribution in [-0.2, 0) is 12.4 Å². The van der Waals surface area contributed by atoms with E-state index in [0.717, 1.165) is 24.5 Å². The van der Waals surface area contributed by atoms with Crippen LogP contribution in [0.2, 0.25) is 5.28 Å². The summed E-state index contributed by atoms with van der Waals surface area (Å²) in [6.07, 6.45) is 2.54. The zero-order chi connectivity index (χ0) is 44.8. The van der Waals surface area contributed by atoms with Crippen molar-refractivity contribution in [1.82, 2.24) is 59.0 Å². The van der Waals surface area contributed by atoms with Crippen molar-refractivity contribution in [3.05, 3.63) is 115 Å². The smallest absolute Gasteiger partial charge is 0.423 e. The van der Waals surface area contributed by atoms with Crippen molar-refractivity contribution in [2.75, 3.05) is 10.6 Å². The first-order valence-electron chi connectivity index (χ1n) is 18.3. The topological polar surface area (TPSA) is 203 Å². The minimum Gasteiger partial charge on any atom is -0.423 e. The molecule has 8 rings (SSSR count). The van der Waals surface area contributed by atoms with E-state index < -0.39 is 30.9 Å². The molecule has 0 amide bonds. The molecule has 0 bridgehead atoms. The lowest BCUT2D eigenvalue weighted by atomic mass is 9.82. The van der Waals surface area contributed by atoms with Crippen molar-refractivity contribution in [1.29, 1.82) is 0 Å². The van der Waals surface area contributed by atoms with Gasteiger partial charge in [0.25, 0.3) is 0 Å². The average molecular weight is 879 g/mol. The second-order valence-electron chi connectivity index (χ2n) is 13.6. The Morgan fingerprint density at radius 2 is 1.13 bits per heavy atom. The number of fused-ring (bicyclic) bond motifs is 2. The number of nitrogens with zero attached hydrogens (tertiary/aromatic N) is 12. The lowest BCUT2D eigenvalue weighted by Gasteiger charge is -2.12. The molecule has 320 valence electrons. The lowest BCUT2D eigenvalue weighted by Crippen LogP contribution is -2.29. The molecule has 24 heteroatoms. The molecule has 0 aliphatic heterocycles. The van der Waals surface area contributed by atoms with E-state index in [2.05, 4.69) is 60.5 Å². The minimum absolute atomic E-state index is 0.0301. The fourth-order valence-corrected chi connectivity index (χ4v) is 5.65. The van der Waals surface area contributed by atoms with Crippen LogP contribution in [0.25, 0.3) is 33.7 Å². The van der Waals surface area contributed by atoms with E-state index in [0.29, 0.717) is 45.0 Å². The van der Waals surface area contributed by atoms with Gasteiger partial charge in [0.2, 0.25) is 5.28 Å². The highest BCUT2D eigenvalue weighted by molar-refractivity contribution is 6.58. The molecule has 16 nitrogen and oxygen atoms in total. The second kappa shape index (κ2) is 18.8. The monoisotopic (exact) mass is 878 g/mol. The second-order valence-corrected chi connectivity index (χ2v) is 13.9. The molecule has 8 aromatic rings. The Morgan fingerprint density at radius 3 is 1.56 bits per heavy atom. The summed E-state index contributed by atoms with van der Waals surface area (Å²) < 4.78 is 81.0. The van der Waals surface area contributed by atoms with Crippen molar-refractivity contribution in [3.8, 4) is 11.4 Å². The van der Waals surface area contributed by atoms with E-state index in [9.17, 15) is 26.3 Å². The van der Waals surface area contributed by atoms with Gasteiger partial charge in [0, 0.05) is 71.7 Å². The standard InChI is InChI=1S/C19H16F3N7.C14H12ClF3N6.C5H6BNO2/c1-11(2)29-10-25-15-17(26-13-5-7-24-14(8-13)19(20,21)22)27-16(28-18(15)29)12-4-3-6-23-9-12;1-7(2)24-6-20-10-11(22-13(15)23-12(10)24)21-8-3-4-19-9(5-8)14(16,17)18;8-6(9)5-2-1-3-7-4-5/h3-11H,1-2H3,(H,24,26,27,28);3-7H,1-2H3,(H,19,21,22,23);1-4,8-9H. The summed E-state index contributed by atoms with van der Waals surface area (Å²) in [5.41, 5.74) is 1.41. The fraction of sp³-hybridized carbons (Fsp3) is 0.211. The summed E-state index contributed by atoms with van der Waals surface area (Å²) in [6, 6.07) is 11.6. The summed E-state index contributed by atoms with van der Waals surface area (Å²) in [5, 5.41) is 22.8. The Kier molecular flexibility index (Phi) is 13.6. The Bertz CT molecular complexity index is 2760. The number of nitrogens with one attached hydrogen (secondary N) is 2. The van der Waals surface area contributed by atoms with Crippen LogP contribution < -0.4 is 16.1 Å². The molecule has 0 atom stereocenters. The van der Waals surface area contributed by atoms with Crippen LogP contribution in [0.5, 0.6) is 0 Å². The van der Waals surface area contributed by atoms with Crippen LogP contribution in [0, 0.1) is 0 Å². The van der Waals surface area contributed by atoms with Crippen molar-refractivity contribution in [2.24, 2.45) is 0 Å². The van der Waals surface area contributed by atoms with E-state index in [-0.39, 0.29) is 34.6 Å². The molecule has 0 spiro atoms. The van der Waals surface area contributed by atoms with E-state index in [1.54, 1.807) is 54.0 Å². The maximum absolute atomic E-state index is 13.0.